The first-order valence-corrected chi connectivity index (χ1v) is 4.08. The zero-order chi connectivity index (χ0) is 6.85. The van der Waals surface area contributed by atoms with Gasteiger partial charge in [-0.25, -0.2) is 0 Å². The number of ether oxygens (including phenoxy) is 1. The second-order valence-corrected chi connectivity index (χ2v) is 4.13. The zero-order valence-corrected chi connectivity index (χ0v) is 7.68. The van der Waals surface area contributed by atoms with Crippen molar-refractivity contribution in [2.45, 2.75) is 0 Å². The smallest absolute Gasteiger partial charge is 0.244 e. The van der Waals surface area contributed by atoms with Gasteiger partial charge in [0.05, 0.1) is 7.11 Å². The summed E-state index contributed by atoms with van der Waals surface area (Å²) in [7, 11) is 1.54. The molecule has 0 bridgehead atoms. The predicted molar refractivity (Wildman–Crippen MR) is 41.4 cm³/mol. The molecule has 1 aromatic rings. The number of halogens is 2. The normalized spacial score (nSPS) is 9.67. The van der Waals surface area contributed by atoms with E-state index in [-0.39, 0.29) is 0 Å². The first-order chi connectivity index (χ1) is 4.24. The molecule has 0 radical (unpaired) electrons. The molecule has 0 aliphatic rings. The lowest BCUT2D eigenvalue weighted by molar-refractivity contribution is 0.400. The molecule has 0 spiro atoms. The van der Waals surface area contributed by atoms with Crippen molar-refractivity contribution in [1.82, 2.24) is 4.98 Å². The molecule has 0 atom stereocenters. The summed E-state index contributed by atoms with van der Waals surface area (Å²) in [5.41, 5.74) is 0. The third-order valence-electron chi connectivity index (χ3n) is 0.725. The van der Waals surface area contributed by atoms with Gasteiger partial charge in [-0.2, -0.15) is 4.98 Å². The van der Waals surface area contributed by atoms with Crippen LogP contribution in [0.2, 0.25) is 4.34 Å². The van der Waals surface area contributed by atoms with Gasteiger partial charge in [-0.3, -0.25) is 0 Å². The minimum absolute atomic E-state index is 0.480. The second-order valence-electron chi connectivity index (χ2n) is 1.25. The quantitative estimate of drug-likeness (QED) is 0.737. The molecule has 9 heavy (non-hydrogen) atoms. The molecule has 5 heteroatoms. The molecule has 0 saturated carbocycles. The van der Waals surface area contributed by atoms with Crippen molar-refractivity contribution in [2.75, 3.05) is 7.11 Å². The lowest BCUT2D eigenvalue weighted by Gasteiger charge is -1.88. The van der Waals surface area contributed by atoms with Crippen LogP contribution in [0.4, 0.5) is 0 Å². The van der Waals surface area contributed by atoms with Crippen molar-refractivity contribution < 1.29 is 4.74 Å². The molecule has 50 valence electrons. The monoisotopic (exact) mass is 227 g/mol. The van der Waals surface area contributed by atoms with Gasteiger partial charge in [-0.05, 0) is 15.9 Å². The highest BCUT2D eigenvalue weighted by Gasteiger charge is 2.05. The number of rotatable bonds is 1. The van der Waals surface area contributed by atoms with Crippen LogP contribution < -0.4 is 4.74 Å². The van der Waals surface area contributed by atoms with Gasteiger partial charge in [0.15, 0.2) is 8.25 Å². The van der Waals surface area contributed by atoms with Crippen molar-refractivity contribution >= 4 is 38.9 Å². The van der Waals surface area contributed by atoms with Crippen molar-refractivity contribution in [3.8, 4) is 5.88 Å². The summed E-state index contributed by atoms with van der Waals surface area (Å²) in [5.74, 6) is 0.480. The Morgan fingerprint density at radius 3 is 2.67 bits per heavy atom. The van der Waals surface area contributed by atoms with Crippen molar-refractivity contribution in [3.63, 3.8) is 0 Å². The lowest BCUT2D eigenvalue weighted by atomic mass is 10.9. The van der Waals surface area contributed by atoms with E-state index in [1.165, 1.54) is 18.4 Å². The SMILES string of the molecule is COc1nc(Br)sc1Cl. The minimum Gasteiger partial charge on any atom is -0.479 e. The maximum absolute atomic E-state index is 5.65. The molecule has 2 nitrogen and oxygen atoms in total. The Bertz CT molecular complexity index is 214. The molecule has 0 saturated heterocycles. The van der Waals surface area contributed by atoms with E-state index in [9.17, 15) is 0 Å². The van der Waals surface area contributed by atoms with Crippen LogP contribution in [-0.2, 0) is 0 Å². The highest BCUT2D eigenvalue weighted by Crippen LogP contribution is 2.32. The van der Waals surface area contributed by atoms with Crippen LogP contribution in [0.1, 0.15) is 0 Å². The second kappa shape index (κ2) is 2.86. The molecule has 1 heterocycles. The van der Waals surface area contributed by atoms with Gasteiger partial charge in [0.2, 0.25) is 5.88 Å². The Balaban J connectivity index is 3.01. The number of aromatic nitrogens is 1. The van der Waals surface area contributed by atoms with E-state index in [1.54, 1.807) is 0 Å². The van der Waals surface area contributed by atoms with Crippen molar-refractivity contribution in [1.29, 1.82) is 0 Å². The molecule has 0 amide bonds. The largest absolute Gasteiger partial charge is 0.479 e. The van der Waals surface area contributed by atoms with Crippen LogP contribution in [0.25, 0.3) is 0 Å². The van der Waals surface area contributed by atoms with Crippen molar-refractivity contribution in [2.24, 2.45) is 0 Å². The summed E-state index contributed by atoms with van der Waals surface area (Å²) in [6.45, 7) is 0. The van der Waals surface area contributed by atoms with Gasteiger partial charge in [0.1, 0.15) is 0 Å². The Morgan fingerprint density at radius 2 is 2.44 bits per heavy atom. The van der Waals surface area contributed by atoms with Gasteiger partial charge < -0.3 is 4.74 Å². The highest BCUT2D eigenvalue weighted by molar-refractivity contribution is 9.11. The fourth-order valence-electron chi connectivity index (χ4n) is 0.390. The van der Waals surface area contributed by atoms with E-state index >= 15 is 0 Å². The summed E-state index contributed by atoms with van der Waals surface area (Å²) >= 11 is 10.2. The Kier molecular flexibility index (Phi) is 2.32. The molecular weight excluding hydrogens is 225 g/mol. The molecule has 1 aromatic heterocycles. The molecule has 0 aliphatic carbocycles. The molecule has 0 unspecified atom stereocenters. The number of thiazole rings is 1. The highest BCUT2D eigenvalue weighted by atomic mass is 79.9. The third-order valence-corrected chi connectivity index (χ3v) is 2.39. The first-order valence-electron chi connectivity index (χ1n) is 2.10. The Morgan fingerprint density at radius 1 is 1.78 bits per heavy atom. The van der Waals surface area contributed by atoms with Gasteiger partial charge in [-0.1, -0.05) is 22.9 Å². The Labute approximate surface area is 69.9 Å². The number of hydrogen-bond donors (Lipinski definition) is 0. The van der Waals surface area contributed by atoms with E-state index in [2.05, 4.69) is 20.9 Å². The maximum Gasteiger partial charge on any atom is 0.244 e. The van der Waals surface area contributed by atoms with Crippen LogP contribution in [-0.4, -0.2) is 12.1 Å². The molecule has 0 aromatic carbocycles. The van der Waals surface area contributed by atoms with Gasteiger partial charge >= 0.3 is 0 Å². The molecular formula is C4H3BrClNOS. The van der Waals surface area contributed by atoms with Crippen LogP contribution in [0, 0.1) is 0 Å². The fourth-order valence-corrected chi connectivity index (χ4v) is 2.15. The number of methoxy groups -OCH3 is 1. The summed E-state index contributed by atoms with van der Waals surface area (Å²) in [5, 5.41) is 0. The average Bonchev–Trinajstić information content (AvgIpc) is 2.10. The molecule has 1 rings (SSSR count). The molecule has 0 fully saturated rings. The number of nitrogens with zero attached hydrogens (tertiary/aromatic N) is 1. The van der Waals surface area contributed by atoms with Crippen LogP contribution >= 0.6 is 38.9 Å². The number of hydrogen-bond acceptors (Lipinski definition) is 3. The molecule has 0 aliphatic heterocycles. The maximum atomic E-state index is 5.65. The van der Waals surface area contributed by atoms with Crippen LogP contribution in [0.15, 0.2) is 3.92 Å². The molecule has 0 N–H and O–H groups in total. The zero-order valence-electron chi connectivity index (χ0n) is 4.52. The predicted octanol–water partition coefficient (Wildman–Crippen LogP) is 2.57. The van der Waals surface area contributed by atoms with E-state index in [4.69, 9.17) is 16.3 Å². The van der Waals surface area contributed by atoms with E-state index < -0.39 is 0 Å². The van der Waals surface area contributed by atoms with Gasteiger partial charge in [0.25, 0.3) is 0 Å². The van der Waals surface area contributed by atoms with Crippen LogP contribution in [0.5, 0.6) is 5.88 Å². The van der Waals surface area contributed by atoms with E-state index in [0.29, 0.717) is 10.2 Å². The standard InChI is InChI=1S/C4H3BrClNOS/c1-8-3-2(6)9-4(5)7-3/h1H3. The summed E-state index contributed by atoms with van der Waals surface area (Å²) in [4.78, 5) is 3.91. The lowest BCUT2D eigenvalue weighted by Crippen LogP contribution is -1.80. The average molecular weight is 228 g/mol. The van der Waals surface area contributed by atoms with Gasteiger partial charge in [-0.15, -0.1) is 0 Å². The van der Waals surface area contributed by atoms with Gasteiger partial charge in [0, 0.05) is 0 Å². The van der Waals surface area contributed by atoms with E-state index in [0.717, 1.165) is 3.92 Å². The van der Waals surface area contributed by atoms with Crippen LogP contribution in [0.3, 0.4) is 0 Å². The minimum atomic E-state index is 0.480. The van der Waals surface area contributed by atoms with Crippen molar-refractivity contribution in [3.05, 3.63) is 8.25 Å². The fraction of sp³-hybridized carbons (Fsp3) is 0.250. The Hall–Kier alpha value is 0.200. The summed E-state index contributed by atoms with van der Waals surface area (Å²) < 4.78 is 6.12. The summed E-state index contributed by atoms with van der Waals surface area (Å²) in [6.07, 6.45) is 0. The van der Waals surface area contributed by atoms with E-state index in [1.807, 2.05) is 0 Å². The third kappa shape index (κ3) is 1.56. The summed E-state index contributed by atoms with van der Waals surface area (Å²) in [6, 6.07) is 0. The topological polar surface area (TPSA) is 22.1 Å². The first kappa shape index (κ1) is 7.31.